The van der Waals surface area contributed by atoms with Crippen LogP contribution in [0.15, 0.2) is 53.4 Å². The maximum Gasteiger partial charge on any atom is 0.321 e. The molecule has 8 nitrogen and oxygen atoms in total. The molecule has 0 heterocycles. The van der Waals surface area contributed by atoms with Gasteiger partial charge in [-0.2, -0.15) is 0 Å². The van der Waals surface area contributed by atoms with Crippen LogP contribution in [0.3, 0.4) is 0 Å². The second kappa shape index (κ2) is 9.70. The average molecular weight is 391 g/mol. The molecule has 0 aromatic heterocycles. The zero-order chi connectivity index (χ0) is 19.7. The molecule has 3 N–H and O–H groups in total. The van der Waals surface area contributed by atoms with Crippen LogP contribution in [0.1, 0.15) is 5.56 Å². The number of urea groups is 1. The van der Waals surface area contributed by atoms with Crippen molar-refractivity contribution in [1.29, 1.82) is 0 Å². The summed E-state index contributed by atoms with van der Waals surface area (Å²) in [7, 11) is -3.57. The van der Waals surface area contributed by atoms with Crippen LogP contribution < -0.4 is 20.7 Å². The number of ether oxygens (including phenoxy) is 1. The Hall–Kier alpha value is -2.91. The molecule has 9 heteroatoms. The smallest absolute Gasteiger partial charge is 0.321 e. The van der Waals surface area contributed by atoms with Gasteiger partial charge in [-0.1, -0.05) is 23.8 Å². The van der Waals surface area contributed by atoms with Gasteiger partial charge in [0.1, 0.15) is 17.4 Å². The molecule has 3 amide bonds. The van der Waals surface area contributed by atoms with E-state index >= 15 is 0 Å². The van der Waals surface area contributed by atoms with E-state index in [9.17, 15) is 18.0 Å². The van der Waals surface area contributed by atoms with Gasteiger partial charge in [-0.25, -0.2) is 13.2 Å². The molecular formula is C18H21N3O5S. The molecule has 0 radical (unpaired) electrons. The van der Waals surface area contributed by atoms with Crippen molar-refractivity contribution in [3.63, 3.8) is 0 Å². The molecule has 0 atom stereocenters. The molecule has 0 aliphatic carbocycles. The van der Waals surface area contributed by atoms with Gasteiger partial charge in [-0.05, 0) is 37.3 Å². The number of sulfone groups is 1. The van der Waals surface area contributed by atoms with Gasteiger partial charge in [0.2, 0.25) is 6.41 Å². The summed E-state index contributed by atoms with van der Waals surface area (Å²) in [5.41, 5.74) is 1.10. The number of carbonyl (C=O) groups excluding carboxylic acids is 2. The Morgan fingerprint density at radius 1 is 1.07 bits per heavy atom. The maximum absolute atomic E-state index is 12.4. The Balaban J connectivity index is 1.91. The monoisotopic (exact) mass is 391 g/mol. The standard InChI is InChI=1S/C18H21N3O5S/c1-14-5-7-15(8-6-14)26-16-3-2-4-17(11-16)27(24,25)13-19-9-10-20-18(23)21-12-22/h2-8,11-12,19H,9-10,13H2,1H3,(H2,20,21,22,23). The second-order valence-corrected chi connectivity index (χ2v) is 7.66. The minimum atomic E-state index is -3.57. The molecule has 0 unspecified atom stereocenters. The minimum Gasteiger partial charge on any atom is -0.457 e. The first kappa shape index (κ1) is 20.4. The van der Waals surface area contributed by atoms with Gasteiger partial charge in [0.25, 0.3) is 0 Å². The van der Waals surface area contributed by atoms with Crippen molar-refractivity contribution < 1.29 is 22.7 Å². The molecule has 0 saturated heterocycles. The van der Waals surface area contributed by atoms with Crippen molar-refractivity contribution in [2.24, 2.45) is 0 Å². The third kappa shape index (κ3) is 6.72. The first-order chi connectivity index (χ1) is 12.9. The lowest BCUT2D eigenvalue weighted by Crippen LogP contribution is -2.39. The lowest BCUT2D eigenvalue weighted by Gasteiger charge is -2.10. The topological polar surface area (TPSA) is 114 Å². The second-order valence-electron chi connectivity index (χ2n) is 5.67. The molecule has 0 bridgehead atoms. The summed E-state index contributed by atoms with van der Waals surface area (Å²) < 4.78 is 30.5. The van der Waals surface area contributed by atoms with Crippen LogP contribution in [0, 0.1) is 6.92 Å². The van der Waals surface area contributed by atoms with Crippen molar-refractivity contribution in [1.82, 2.24) is 16.0 Å². The average Bonchev–Trinajstić information content (AvgIpc) is 2.64. The first-order valence-electron chi connectivity index (χ1n) is 8.17. The Morgan fingerprint density at radius 2 is 1.81 bits per heavy atom. The van der Waals surface area contributed by atoms with Crippen LogP contribution in [-0.2, 0) is 14.6 Å². The van der Waals surface area contributed by atoms with Gasteiger partial charge in [-0.3, -0.25) is 10.1 Å². The molecular weight excluding hydrogens is 370 g/mol. The number of rotatable bonds is 9. The van der Waals surface area contributed by atoms with E-state index in [4.69, 9.17) is 4.74 Å². The van der Waals surface area contributed by atoms with Gasteiger partial charge in [0.15, 0.2) is 9.84 Å². The summed E-state index contributed by atoms with van der Waals surface area (Å²) in [6.45, 7) is 2.37. The first-order valence-corrected chi connectivity index (χ1v) is 9.82. The van der Waals surface area contributed by atoms with Gasteiger partial charge in [0, 0.05) is 13.1 Å². The van der Waals surface area contributed by atoms with E-state index in [0.29, 0.717) is 11.5 Å². The van der Waals surface area contributed by atoms with E-state index in [1.54, 1.807) is 12.1 Å². The third-order valence-electron chi connectivity index (χ3n) is 3.49. The largest absolute Gasteiger partial charge is 0.457 e. The van der Waals surface area contributed by atoms with Crippen molar-refractivity contribution in [3.8, 4) is 11.5 Å². The van der Waals surface area contributed by atoms with Gasteiger partial charge in [0.05, 0.1) is 4.90 Å². The van der Waals surface area contributed by atoms with E-state index in [0.717, 1.165) is 5.56 Å². The number of hydrogen-bond acceptors (Lipinski definition) is 6. The molecule has 0 fully saturated rings. The highest BCUT2D eigenvalue weighted by molar-refractivity contribution is 7.91. The number of aryl methyl sites for hydroxylation is 1. The summed E-state index contributed by atoms with van der Waals surface area (Å²) >= 11 is 0. The Kier molecular flexibility index (Phi) is 7.33. The molecule has 2 aromatic rings. The quantitative estimate of drug-likeness (QED) is 0.442. The van der Waals surface area contributed by atoms with Crippen LogP contribution in [0.5, 0.6) is 11.5 Å². The van der Waals surface area contributed by atoms with E-state index in [1.165, 1.54) is 12.1 Å². The zero-order valence-electron chi connectivity index (χ0n) is 14.8. The highest BCUT2D eigenvalue weighted by Crippen LogP contribution is 2.24. The molecule has 0 aliphatic rings. The maximum atomic E-state index is 12.4. The van der Waals surface area contributed by atoms with Crippen molar-refractivity contribution >= 4 is 22.3 Å². The van der Waals surface area contributed by atoms with Crippen LogP contribution in [0.4, 0.5) is 4.79 Å². The Labute approximate surface area is 157 Å². The van der Waals surface area contributed by atoms with Crippen LogP contribution >= 0.6 is 0 Å². The molecule has 27 heavy (non-hydrogen) atoms. The number of carbonyl (C=O) groups is 2. The van der Waals surface area contributed by atoms with Crippen molar-refractivity contribution in [3.05, 3.63) is 54.1 Å². The van der Waals surface area contributed by atoms with Gasteiger partial charge < -0.3 is 15.4 Å². The van der Waals surface area contributed by atoms with E-state index in [1.807, 2.05) is 36.5 Å². The van der Waals surface area contributed by atoms with E-state index in [2.05, 4.69) is 10.6 Å². The van der Waals surface area contributed by atoms with Crippen LogP contribution in [0.25, 0.3) is 0 Å². The summed E-state index contributed by atoms with van der Waals surface area (Å²) in [6, 6.07) is 13.0. The predicted molar refractivity (Wildman–Crippen MR) is 100 cm³/mol. The zero-order valence-corrected chi connectivity index (χ0v) is 15.6. The number of nitrogens with one attached hydrogen (secondary N) is 3. The fourth-order valence-corrected chi connectivity index (χ4v) is 3.29. The van der Waals surface area contributed by atoms with Crippen LogP contribution in [0.2, 0.25) is 0 Å². The fourth-order valence-electron chi connectivity index (χ4n) is 2.13. The third-order valence-corrected chi connectivity index (χ3v) is 5.05. The Morgan fingerprint density at radius 3 is 2.52 bits per heavy atom. The minimum absolute atomic E-state index is 0.131. The summed E-state index contributed by atoms with van der Waals surface area (Å²) in [6.07, 6.45) is 0.263. The molecule has 2 aromatic carbocycles. The highest BCUT2D eigenvalue weighted by atomic mass is 32.2. The van der Waals surface area contributed by atoms with Crippen molar-refractivity contribution in [2.75, 3.05) is 19.0 Å². The lowest BCUT2D eigenvalue weighted by atomic mass is 10.2. The normalized spacial score (nSPS) is 10.9. The number of imide groups is 1. The van der Waals surface area contributed by atoms with E-state index < -0.39 is 15.9 Å². The molecule has 2 rings (SSSR count). The lowest BCUT2D eigenvalue weighted by molar-refractivity contribution is -0.108. The summed E-state index contributed by atoms with van der Waals surface area (Å²) in [4.78, 5) is 21.2. The van der Waals surface area contributed by atoms with Gasteiger partial charge in [-0.15, -0.1) is 0 Å². The molecule has 144 valence electrons. The molecule has 0 aliphatic heterocycles. The summed E-state index contributed by atoms with van der Waals surface area (Å²) in [5.74, 6) is 0.748. The Bertz CT molecular complexity index is 882. The van der Waals surface area contributed by atoms with Crippen molar-refractivity contribution in [2.45, 2.75) is 11.8 Å². The van der Waals surface area contributed by atoms with E-state index in [-0.39, 0.29) is 30.3 Å². The molecule has 0 spiro atoms. The van der Waals surface area contributed by atoms with Crippen LogP contribution in [-0.4, -0.2) is 39.8 Å². The number of benzene rings is 2. The predicted octanol–water partition coefficient (Wildman–Crippen LogP) is 1.56. The fraction of sp³-hybridized carbons (Fsp3) is 0.222. The SMILES string of the molecule is Cc1ccc(Oc2cccc(S(=O)(=O)CNCCNC(=O)NC=O)c2)cc1. The van der Waals surface area contributed by atoms with Gasteiger partial charge >= 0.3 is 6.03 Å². The highest BCUT2D eigenvalue weighted by Gasteiger charge is 2.15. The number of hydrogen-bond donors (Lipinski definition) is 3. The molecule has 0 saturated carbocycles. The summed E-state index contributed by atoms with van der Waals surface area (Å²) in [5, 5.41) is 7.05. The number of amides is 3.